The van der Waals surface area contributed by atoms with Crippen LogP contribution in [0.2, 0.25) is 0 Å². The Labute approximate surface area is 392 Å². The fourth-order valence-electron chi connectivity index (χ4n) is 7.71. The number of rotatable bonds is 42. The summed E-state index contributed by atoms with van der Waals surface area (Å²) >= 11 is 0. The zero-order valence-electron chi connectivity index (χ0n) is 40.3. The van der Waals surface area contributed by atoms with E-state index in [9.17, 15) is 44.6 Å². The number of unbranched alkanes of at least 4 members (excludes halogenated alkanes) is 25. The molecule has 13 nitrogen and oxygen atoms in total. The van der Waals surface area contributed by atoms with Crippen LogP contribution in [0.25, 0.3) is 0 Å². The van der Waals surface area contributed by atoms with Gasteiger partial charge in [0, 0.05) is 12.8 Å². The van der Waals surface area contributed by atoms with Gasteiger partial charge >= 0.3 is 19.8 Å². The van der Waals surface area contributed by atoms with Crippen LogP contribution in [0.4, 0.5) is 0 Å². The third-order valence-electron chi connectivity index (χ3n) is 11.8. The summed E-state index contributed by atoms with van der Waals surface area (Å²) in [5.41, 5.74) is 0. The molecule has 0 bridgehead atoms. The highest BCUT2D eigenvalue weighted by Gasteiger charge is 2.51. The van der Waals surface area contributed by atoms with Crippen LogP contribution in [0.3, 0.4) is 0 Å². The summed E-state index contributed by atoms with van der Waals surface area (Å²) in [6.07, 6.45) is 36.1. The first-order chi connectivity index (χ1) is 31.4. The van der Waals surface area contributed by atoms with E-state index in [1.807, 2.05) is 42.5 Å². The summed E-state index contributed by atoms with van der Waals surface area (Å²) in [6.45, 7) is 3.15. The smallest absolute Gasteiger partial charge is 0.462 e. The molecule has 0 aromatic heterocycles. The topological polar surface area (TPSA) is 210 Å². The van der Waals surface area contributed by atoms with Crippen LogP contribution in [0.1, 0.15) is 206 Å². The van der Waals surface area contributed by atoms with E-state index in [-0.39, 0.29) is 12.8 Å². The number of phosphoric ester groups is 1. The van der Waals surface area contributed by atoms with E-state index in [1.54, 1.807) is 0 Å². The van der Waals surface area contributed by atoms with Crippen LogP contribution in [-0.4, -0.2) is 98.3 Å². The molecule has 0 saturated heterocycles. The minimum absolute atomic E-state index is 0.0511. The monoisotopic (exact) mass is 943 g/mol. The van der Waals surface area contributed by atoms with Crippen molar-refractivity contribution in [3.8, 4) is 0 Å². The van der Waals surface area contributed by atoms with Crippen LogP contribution in [0.15, 0.2) is 48.6 Å². The van der Waals surface area contributed by atoms with Crippen molar-refractivity contribution < 1.29 is 63.1 Å². The zero-order chi connectivity index (χ0) is 47.8. The van der Waals surface area contributed by atoms with Crippen molar-refractivity contribution in [2.75, 3.05) is 13.2 Å². The molecule has 0 aromatic carbocycles. The number of carbonyl (C=O) groups excluding carboxylic acids is 2. The number of phosphoric acid groups is 1. The Morgan fingerprint density at radius 1 is 0.492 bits per heavy atom. The lowest BCUT2D eigenvalue weighted by atomic mass is 9.85. The Morgan fingerprint density at radius 3 is 1.34 bits per heavy atom. The van der Waals surface area contributed by atoms with Gasteiger partial charge in [-0.25, -0.2) is 4.57 Å². The molecule has 0 amide bonds. The number of aliphatic hydroxyl groups is 5. The molecule has 65 heavy (non-hydrogen) atoms. The molecule has 14 heteroatoms. The summed E-state index contributed by atoms with van der Waals surface area (Å²) in [5.74, 6) is -1.14. The molecule has 0 heterocycles. The second-order valence-electron chi connectivity index (χ2n) is 17.7. The van der Waals surface area contributed by atoms with E-state index in [2.05, 4.69) is 19.9 Å². The van der Waals surface area contributed by atoms with Crippen LogP contribution in [0, 0.1) is 0 Å². The normalized spacial score (nSPS) is 21.8. The summed E-state index contributed by atoms with van der Waals surface area (Å²) in [6, 6.07) is 0. The fourth-order valence-corrected chi connectivity index (χ4v) is 8.68. The van der Waals surface area contributed by atoms with Crippen molar-refractivity contribution in [3.05, 3.63) is 48.6 Å². The van der Waals surface area contributed by atoms with Crippen LogP contribution in [-0.2, 0) is 32.7 Å². The number of carbonyl (C=O) groups is 2. The molecular formula is C51H91O13P. The van der Waals surface area contributed by atoms with Crippen molar-refractivity contribution in [1.82, 2.24) is 0 Å². The summed E-state index contributed by atoms with van der Waals surface area (Å²) in [4.78, 5) is 35.7. The molecule has 1 aliphatic rings. The third kappa shape index (κ3) is 33.0. The second-order valence-corrected chi connectivity index (χ2v) is 19.2. The minimum Gasteiger partial charge on any atom is -0.462 e. The van der Waals surface area contributed by atoms with E-state index in [1.165, 1.54) is 122 Å². The molecule has 0 spiro atoms. The van der Waals surface area contributed by atoms with Gasteiger partial charge in [0.15, 0.2) is 6.10 Å². The highest BCUT2D eigenvalue weighted by Crippen LogP contribution is 2.47. The lowest BCUT2D eigenvalue weighted by molar-refractivity contribution is -0.220. The SMILES string of the molecule is CC/C=C/C=C/C=C/C=C/CCCCCC(=O)OC(COC(=O)CCCCCCCCCCCCCCCCCCCCCCCCC)COP(=O)(O)OC1C(O)C(O)C(O)[C@H](O)C1O. The molecule has 0 aliphatic heterocycles. The highest BCUT2D eigenvalue weighted by atomic mass is 31.2. The van der Waals surface area contributed by atoms with Crippen molar-refractivity contribution in [2.45, 2.75) is 249 Å². The molecule has 1 saturated carbocycles. The maximum Gasteiger partial charge on any atom is 0.472 e. The van der Waals surface area contributed by atoms with E-state index >= 15 is 0 Å². The lowest BCUT2D eigenvalue weighted by Crippen LogP contribution is -2.64. The van der Waals surface area contributed by atoms with Crippen molar-refractivity contribution in [3.63, 3.8) is 0 Å². The van der Waals surface area contributed by atoms with E-state index in [0.717, 1.165) is 44.9 Å². The van der Waals surface area contributed by atoms with Gasteiger partial charge in [0.05, 0.1) is 6.61 Å². The van der Waals surface area contributed by atoms with E-state index in [4.69, 9.17) is 18.5 Å². The second kappa shape index (κ2) is 40.8. The van der Waals surface area contributed by atoms with Crippen molar-refractivity contribution >= 4 is 19.8 Å². The van der Waals surface area contributed by atoms with Gasteiger partial charge in [0.2, 0.25) is 0 Å². The van der Waals surface area contributed by atoms with Crippen LogP contribution < -0.4 is 0 Å². The Morgan fingerprint density at radius 2 is 0.877 bits per heavy atom. The summed E-state index contributed by atoms with van der Waals surface area (Å²) in [7, 11) is -5.13. The Hall–Kier alpha value is -2.19. The van der Waals surface area contributed by atoms with Crippen molar-refractivity contribution in [2.24, 2.45) is 0 Å². The predicted molar refractivity (Wildman–Crippen MR) is 258 cm³/mol. The molecule has 0 radical (unpaired) electrons. The van der Waals surface area contributed by atoms with Gasteiger partial charge in [-0.15, -0.1) is 0 Å². The first kappa shape index (κ1) is 60.8. The molecule has 1 aliphatic carbocycles. The maximum absolute atomic E-state index is 12.8. The standard InChI is InChI=1S/C51H91O13P/c1-3-5-7-9-11-13-15-17-18-19-20-21-22-23-24-25-26-28-29-31-33-35-37-39-44(52)61-41-43(42-62-65(59,60)64-51-49(57)47(55)46(54)48(56)50(51)58)63-45(53)40-38-36-34-32-30-27-16-14-12-10-8-6-4-2/h6,8,10,12,14,16,27,30,43,46-51,54-58H,3-5,7,9,11,13,15,17-26,28-29,31-42H2,1-2H3,(H,59,60)/b8-6+,12-10+,16-14+,30-27+/t43?,46?,47-,48?,49?,50?,51?/m0/s1. The number of aliphatic hydroxyl groups excluding tert-OH is 5. The Bertz CT molecular complexity index is 1320. The average Bonchev–Trinajstić information content (AvgIpc) is 3.29. The fraction of sp³-hybridized carbons (Fsp3) is 0.804. The first-order valence-electron chi connectivity index (χ1n) is 25.5. The first-order valence-corrected chi connectivity index (χ1v) is 27.0. The molecule has 378 valence electrons. The van der Waals surface area contributed by atoms with Crippen LogP contribution in [0.5, 0.6) is 0 Å². The molecule has 0 aromatic rings. The maximum atomic E-state index is 12.8. The van der Waals surface area contributed by atoms with Gasteiger partial charge in [-0.1, -0.05) is 210 Å². The minimum atomic E-state index is -5.13. The van der Waals surface area contributed by atoms with Gasteiger partial charge in [0.25, 0.3) is 0 Å². The molecular weight excluding hydrogens is 852 g/mol. The number of esters is 2. The summed E-state index contributed by atoms with van der Waals surface area (Å²) < 4.78 is 33.5. The quantitative estimate of drug-likeness (QED) is 0.0146. The Balaban J connectivity index is 2.35. The average molecular weight is 943 g/mol. The molecule has 8 atom stereocenters. The van der Waals surface area contributed by atoms with Gasteiger partial charge < -0.3 is 39.9 Å². The van der Waals surface area contributed by atoms with E-state index < -0.39 is 75.7 Å². The molecule has 6 N–H and O–H groups in total. The molecule has 1 fully saturated rings. The van der Waals surface area contributed by atoms with Crippen molar-refractivity contribution in [1.29, 1.82) is 0 Å². The number of allylic oxidation sites excluding steroid dienone is 8. The van der Waals surface area contributed by atoms with Gasteiger partial charge in [0.1, 0.15) is 43.2 Å². The third-order valence-corrected chi connectivity index (χ3v) is 12.8. The molecule has 1 rings (SSSR count). The lowest BCUT2D eigenvalue weighted by Gasteiger charge is -2.41. The Kier molecular flexibility index (Phi) is 38.2. The zero-order valence-corrected chi connectivity index (χ0v) is 41.2. The number of ether oxygens (including phenoxy) is 2. The van der Waals surface area contributed by atoms with Gasteiger partial charge in [-0.05, 0) is 32.1 Å². The predicted octanol–water partition coefficient (Wildman–Crippen LogP) is 10.7. The van der Waals surface area contributed by atoms with Gasteiger partial charge in [-0.2, -0.15) is 0 Å². The van der Waals surface area contributed by atoms with E-state index in [0.29, 0.717) is 12.8 Å². The summed E-state index contributed by atoms with van der Waals surface area (Å²) in [5, 5.41) is 50.2. The number of hydrogen-bond acceptors (Lipinski definition) is 12. The molecule has 7 unspecified atom stereocenters. The highest BCUT2D eigenvalue weighted by molar-refractivity contribution is 7.47. The largest absolute Gasteiger partial charge is 0.472 e. The van der Waals surface area contributed by atoms with Crippen LogP contribution >= 0.6 is 7.82 Å². The number of hydrogen-bond donors (Lipinski definition) is 6. The van der Waals surface area contributed by atoms with Gasteiger partial charge in [-0.3, -0.25) is 18.6 Å².